The summed E-state index contributed by atoms with van der Waals surface area (Å²) in [6, 6.07) is 13.1. The van der Waals surface area contributed by atoms with Gasteiger partial charge in [0.1, 0.15) is 5.69 Å². The van der Waals surface area contributed by atoms with Gasteiger partial charge in [-0.3, -0.25) is 9.59 Å². The van der Waals surface area contributed by atoms with Gasteiger partial charge in [-0.1, -0.05) is 30.3 Å². The predicted octanol–water partition coefficient (Wildman–Crippen LogP) is 1.55. The van der Waals surface area contributed by atoms with Crippen LogP contribution in [0.25, 0.3) is 0 Å². The standard InChI is InChI=1S/C19H21N3O3/c1-20-19(24)17-11-14(18(23)22-15-7-8-25-12-15)10-16(21-17)9-13-5-3-2-4-6-13/h2-6,10-11,15H,7-9,12H2,1H3,(H,20,24)(H,22,23). The zero-order valence-corrected chi connectivity index (χ0v) is 14.1. The molecule has 2 aromatic rings. The molecule has 3 rings (SSSR count). The molecule has 0 spiro atoms. The van der Waals surface area contributed by atoms with Crippen LogP contribution in [0.3, 0.4) is 0 Å². The van der Waals surface area contributed by atoms with Crippen LogP contribution in [0.5, 0.6) is 0 Å². The van der Waals surface area contributed by atoms with E-state index < -0.39 is 0 Å². The number of nitrogens with zero attached hydrogens (tertiary/aromatic N) is 1. The zero-order chi connectivity index (χ0) is 17.6. The first kappa shape index (κ1) is 17.1. The van der Waals surface area contributed by atoms with Crippen molar-refractivity contribution in [3.63, 3.8) is 0 Å². The van der Waals surface area contributed by atoms with Gasteiger partial charge in [-0.2, -0.15) is 0 Å². The third kappa shape index (κ3) is 4.42. The number of amides is 2. The molecular formula is C19H21N3O3. The molecule has 0 saturated carbocycles. The number of hydrogen-bond acceptors (Lipinski definition) is 4. The summed E-state index contributed by atoms with van der Waals surface area (Å²) in [5, 5.41) is 5.51. The molecule has 0 radical (unpaired) electrons. The highest BCUT2D eigenvalue weighted by atomic mass is 16.5. The first-order valence-corrected chi connectivity index (χ1v) is 8.31. The minimum atomic E-state index is -0.312. The molecule has 0 aliphatic carbocycles. The van der Waals surface area contributed by atoms with Crippen molar-refractivity contribution in [3.05, 3.63) is 65.0 Å². The average molecular weight is 339 g/mol. The minimum Gasteiger partial charge on any atom is -0.379 e. The van der Waals surface area contributed by atoms with Crippen LogP contribution in [0.4, 0.5) is 0 Å². The number of carbonyl (C=O) groups is 2. The van der Waals surface area contributed by atoms with Crippen molar-refractivity contribution in [1.82, 2.24) is 15.6 Å². The summed E-state index contributed by atoms with van der Waals surface area (Å²) in [5.41, 5.74) is 2.43. The molecule has 2 N–H and O–H groups in total. The average Bonchev–Trinajstić information content (AvgIpc) is 3.14. The molecule has 130 valence electrons. The van der Waals surface area contributed by atoms with E-state index in [0.717, 1.165) is 12.0 Å². The van der Waals surface area contributed by atoms with Gasteiger partial charge in [-0.25, -0.2) is 4.98 Å². The Morgan fingerprint density at radius 1 is 1.20 bits per heavy atom. The van der Waals surface area contributed by atoms with E-state index in [1.807, 2.05) is 30.3 Å². The first-order chi connectivity index (χ1) is 12.2. The molecule has 1 saturated heterocycles. The van der Waals surface area contributed by atoms with Crippen molar-refractivity contribution in [2.24, 2.45) is 0 Å². The molecule has 1 aromatic carbocycles. The lowest BCUT2D eigenvalue weighted by Crippen LogP contribution is -2.35. The maximum absolute atomic E-state index is 12.5. The first-order valence-electron chi connectivity index (χ1n) is 8.31. The fourth-order valence-electron chi connectivity index (χ4n) is 2.78. The van der Waals surface area contributed by atoms with Crippen molar-refractivity contribution in [2.45, 2.75) is 18.9 Å². The number of pyridine rings is 1. The van der Waals surface area contributed by atoms with Gasteiger partial charge < -0.3 is 15.4 Å². The molecule has 25 heavy (non-hydrogen) atoms. The number of nitrogens with one attached hydrogen (secondary N) is 2. The number of aromatic nitrogens is 1. The number of rotatable bonds is 5. The van der Waals surface area contributed by atoms with Crippen molar-refractivity contribution in [2.75, 3.05) is 20.3 Å². The van der Waals surface area contributed by atoms with Crippen LogP contribution < -0.4 is 10.6 Å². The van der Waals surface area contributed by atoms with Gasteiger partial charge in [0.25, 0.3) is 11.8 Å². The van der Waals surface area contributed by atoms with Crippen LogP contribution in [0, 0.1) is 0 Å². The van der Waals surface area contributed by atoms with E-state index in [9.17, 15) is 9.59 Å². The van der Waals surface area contributed by atoms with Gasteiger partial charge in [0.15, 0.2) is 0 Å². The smallest absolute Gasteiger partial charge is 0.269 e. The zero-order valence-electron chi connectivity index (χ0n) is 14.1. The Bertz CT molecular complexity index is 756. The minimum absolute atomic E-state index is 0.0155. The fraction of sp³-hybridized carbons (Fsp3) is 0.316. The monoisotopic (exact) mass is 339 g/mol. The van der Waals surface area contributed by atoms with Crippen LogP contribution in [-0.4, -0.2) is 43.1 Å². The molecule has 2 heterocycles. The summed E-state index contributed by atoms with van der Waals surface area (Å²) in [6.07, 6.45) is 1.36. The Balaban J connectivity index is 1.86. The Labute approximate surface area is 146 Å². The van der Waals surface area contributed by atoms with Crippen LogP contribution in [0.1, 0.15) is 38.5 Å². The molecule has 2 amide bonds. The molecule has 1 aliphatic rings. The lowest BCUT2D eigenvalue weighted by atomic mass is 10.1. The Kier molecular flexibility index (Phi) is 5.40. The van der Waals surface area contributed by atoms with Gasteiger partial charge in [0, 0.05) is 31.3 Å². The number of benzene rings is 1. The van der Waals surface area contributed by atoms with Crippen LogP contribution in [0.2, 0.25) is 0 Å². The number of hydrogen-bond donors (Lipinski definition) is 2. The van der Waals surface area contributed by atoms with Crippen LogP contribution >= 0.6 is 0 Å². The maximum Gasteiger partial charge on any atom is 0.269 e. The molecule has 1 atom stereocenters. The highest BCUT2D eigenvalue weighted by Crippen LogP contribution is 2.13. The van der Waals surface area contributed by atoms with E-state index in [-0.39, 0.29) is 23.6 Å². The Hall–Kier alpha value is -2.73. The van der Waals surface area contributed by atoms with Gasteiger partial charge >= 0.3 is 0 Å². The van der Waals surface area contributed by atoms with E-state index in [1.54, 1.807) is 13.1 Å². The molecule has 1 fully saturated rings. The van der Waals surface area contributed by atoms with Crippen LogP contribution in [-0.2, 0) is 11.2 Å². The van der Waals surface area contributed by atoms with Crippen molar-refractivity contribution >= 4 is 11.8 Å². The van der Waals surface area contributed by atoms with Gasteiger partial charge in [0.05, 0.1) is 12.6 Å². The highest BCUT2D eigenvalue weighted by Gasteiger charge is 2.20. The van der Waals surface area contributed by atoms with Gasteiger partial charge in [0.2, 0.25) is 0 Å². The van der Waals surface area contributed by atoms with Gasteiger partial charge in [-0.05, 0) is 24.1 Å². The second-order valence-electron chi connectivity index (χ2n) is 6.01. The molecule has 1 aromatic heterocycles. The van der Waals surface area contributed by atoms with Crippen molar-refractivity contribution < 1.29 is 14.3 Å². The van der Waals surface area contributed by atoms with E-state index in [2.05, 4.69) is 15.6 Å². The molecular weight excluding hydrogens is 318 g/mol. The molecule has 1 aliphatic heterocycles. The molecule has 0 bridgehead atoms. The summed E-state index contributed by atoms with van der Waals surface area (Å²) in [5.74, 6) is -0.523. The SMILES string of the molecule is CNC(=O)c1cc(C(=O)NC2CCOC2)cc(Cc2ccccc2)n1. The quantitative estimate of drug-likeness (QED) is 0.866. The fourth-order valence-corrected chi connectivity index (χ4v) is 2.78. The number of ether oxygens (including phenoxy) is 1. The lowest BCUT2D eigenvalue weighted by molar-refractivity contribution is 0.0929. The normalized spacial score (nSPS) is 16.4. The Morgan fingerprint density at radius 3 is 2.68 bits per heavy atom. The van der Waals surface area contributed by atoms with Gasteiger partial charge in [-0.15, -0.1) is 0 Å². The second-order valence-corrected chi connectivity index (χ2v) is 6.01. The summed E-state index contributed by atoms with van der Waals surface area (Å²) in [7, 11) is 1.55. The summed E-state index contributed by atoms with van der Waals surface area (Å²) in [6.45, 7) is 1.18. The largest absolute Gasteiger partial charge is 0.379 e. The van der Waals surface area contributed by atoms with Crippen molar-refractivity contribution in [3.8, 4) is 0 Å². The molecule has 1 unspecified atom stereocenters. The summed E-state index contributed by atoms with van der Waals surface area (Å²) < 4.78 is 5.28. The summed E-state index contributed by atoms with van der Waals surface area (Å²) in [4.78, 5) is 29.0. The third-order valence-corrected chi connectivity index (χ3v) is 4.09. The Morgan fingerprint density at radius 2 is 2.00 bits per heavy atom. The number of carbonyl (C=O) groups excluding carboxylic acids is 2. The molecule has 6 nitrogen and oxygen atoms in total. The van der Waals surface area contributed by atoms with E-state index in [0.29, 0.717) is 30.9 Å². The van der Waals surface area contributed by atoms with E-state index >= 15 is 0 Å². The lowest BCUT2D eigenvalue weighted by Gasteiger charge is -2.12. The topological polar surface area (TPSA) is 80.3 Å². The molecule has 6 heteroatoms. The summed E-state index contributed by atoms with van der Waals surface area (Å²) >= 11 is 0. The van der Waals surface area contributed by atoms with E-state index in [4.69, 9.17) is 4.74 Å². The third-order valence-electron chi connectivity index (χ3n) is 4.09. The highest BCUT2D eigenvalue weighted by molar-refractivity contribution is 5.98. The van der Waals surface area contributed by atoms with E-state index in [1.165, 1.54) is 6.07 Å². The van der Waals surface area contributed by atoms with Crippen molar-refractivity contribution in [1.29, 1.82) is 0 Å². The second kappa shape index (κ2) is 7.90. The van der Waals surface area contributed by atoms with Crippen LogP contribution in [0.15, 0.2) is 42.5 Å². The maximum atomic E-state index is 12.5. The predicted molar refractivity (Wildman–Crippen MR) is 93.6 cm³/mol.